The molecule has 0 aromatic heterocycles. The van der Waals surface area contributed by atoms with Gasteiger partial charge in [-0.15, -0.1) is 0 Å². The highest BCUT2D eigenvalue weighted by atomic mass is 35.5. The quantitative estimate of drug-likeness (QED) is 0.590. The van der Waals surface area contributed by atoms with E-state index in [0.717, 1.165) is 11.1 Å². The van der Waals surface area contributed by atoms with E-state index in [1.54, 1.807) is 44.2 Å². The maximum absolute atomic E-state index is 12.4. The number of amides is 2. The number of benzene rings is 2. The molecule has 29 heavy (non-hydrogen) atoms. The van der Waals surface area contributed by atoms with Crippen molar-refractivity contribution in [3.05, 3.63) is 58.1 Å². The van der Waals surface area contributed by atoms with Crippen LogP contribution in [0.4, 0.5) is 5.69 Å². The zero-order chi connectivity index (χ0) is 21.6. The van der Waals surface area contributed by atoms with Crippen LogP contribution in [0.1, 0.15) is 23.1 Å². The normalized spacial score (nSPS) is 11.2. The van der Waals surface area contributed by atoms with Gasteiger partial charge in [0.1, 0.15) is 0 Å². The van der Waals surface area contributed by atoms with Crippen LogP contribution in [0, 0.1) is 20.8 Å². The lowest BCUT2D eigenvalue weighted by molar-refractivity contribution is -0.124. The van der Waals surface area contributed by atoms with Crippen LogP contribution in [0.25, 0.3) is 0 Å². The third kappa shape index (κ3) is 6.56. The van der Waals surface area contributed by atoms with E-state index in [1.165, 1.54) is 0 Å². The largest absolute Gasteiger partial charge is 0.347 e. The molecular formula is C20H24ClN3O4S. The Labute approximate surface area is 175 Å². The Morgan fingerprint density at radius 1 is 1.03 bits per heavy atom. The number of carbonyl (C=O) groups is 2. The van der Waals surface area contributed by atoms with Crippen molar-refractivity contribution in [2.45, 2.75) is 32.1 Å². The molecule has 0 heterocycles. The highest BCUT2D eigenvalue weighted by Gasteiger charge is 2.17. The Balaban J connectivity index is 1.80. The number of halogens is 1. The van der Waals surface area contributed by atoms with Crippen molar-refractivity contribution in [3.8, 4) is 0 Å². The third-order valence-electron chi connectivity index (χ3n) is 4.27. The number of hydrogen-bond acceptors (Lipinski definition) is 4. The van der Waals surface area contributed by atoms with Crippen molar-refractivity contribution in [1.82, 2.24) is 10.0 Å². The van der Waals surface area contributed by atoms with E-state index in [4.69, 9.17) is 11.6 Å². The zero-order valence-corrected chi connectivity index (χ0v) is 18.1. The molecule has 0 saturated heterocycles. The Bertz CT molecular complexity index is 1020. The van der Waals surface area contributed by atoms with Gasteiger partial charge in [0.25, 0.3) is 0 Å². The highest BCUT2D eigenvalue weighted by molar-refractivity contribution is 7.89. The molecule has 0 fully saturated rings. The van der Waals surface area contributed by atoms with E-state index in [1.807, 2.05) is 13.0 Å². The Morgan fingerprint density at radius 3 is 2.48 bits per heavy atom. The molecule has 156 valence electrons. The van der Waals surface area contributed by atoms with Crippen LogP contribution in [-0.4, -0.2) is 33.3 Å². The number of hydrogen-bond donors (Lipinski definition) is 3. The lowest BCUT2D eigenvalue weighted by Gasteiger charge is -2.11. The average molecular weight is 438 g/mol. The van der Waals surface area contributed by atoms with Crippen molar-refractivity contribution >= 4 is 39.1 Å². The minimum Gasteiger partial charge on any atom is -0.347 e. The van der Waals surface area contributed by atoms with Crippen molar-refractivity contribution in [3.63, 3.8) is 0 Å². The second-order valence-electron chi connectivity index (χ2n) is 6.65. The van der Waals surface area contributed by atoms with E-state index in [9.17, 15) is 18.0 Å². The van der Waals surface area contributed by atoms with Gasteiger partial charge in [0, 0.05) is 23.7 Å². The molecule has 0 aliphatic heterocycles. The first kappa shape index (κ1) is 22.9. The molecule has 0 bridgehead atoms. The summed E-state index contributed by atoms with van der Waals surface area (Å²) in [4.78, 5) is 24.1. The Kier molecular flexibility index (Phi) is 7.78. The highest BCUT2D eigenvalue weighted by Crippen LogP contribution is 2.22. The molecule has 3 N–H and O–H groups in total. The molecule has 0 spiro atoms. The van der Waals surface area contributed by atoms with E-state index < -0.39 is 21.8 Å². The molecule has 7 nitrogen and oxygen atoms in total. The zero-order valence-electron chi connectivity index (χ0n) is 16.5. The Hall–Kier alpha value is -2.42. The lowest BCUT2D eigenvalue weighted by atomic mass is 10.2. The molecule has 2 aromatic rings. The van der Waals surface area contributed by atoms with Gasteiger partial charge >= 0.3 is 0 Å². The Morgan fingerprint density at radius 2 is 1.76 bits per heavy atom. The number of sulfonamides is 1. The van der Waals surface area contributed by atoms with Crippen LogP contribution in [0.5, 0.6) is 0 Å². The fourth-order valence-corrected chi connectivity index (χ4v) is 4.11. The molecular weight excluding hydrogens is 414 g/mol. The summed E-state index contributed by atoms with van der Waals surface area (Å²) in [6.45, 7) is 4.99. The van der Waals surface area contributed by atoms with Gasteiger partial charge in [-0.25, -0.2) is 13.1 Å². The standard InChI is InChI=1S/C20H24ClN3O4S/c1-13-7-8-14(2)18(11-13)29(27,28)23-10-9-19(25)22-12-20(26)24-17-6-4-5-16(21)15(17)3/h4-8,11,23H,9-10,12H2,1-3H3,(H,22,25)(H,24,26). The SMILES string of the molecule is Cc1ccc(C)c(S(=O)(=O)NCCC(=O)NCC(=O)Nc2cccc(Cl)c2C)c1. The van der Waals surface area contributed by atoms with Crippen LogP contribution in [0.3, 0.4) is 0 Å². The summed E-state index contributed by atoms with van der Waals surface area (Å²) in [6, 6.07) is 10.3. The summed E-state index contributed by atoms with van der Waals surface area (Å²) < 4.78 is 27.2. The van der Waals surface area contributed by atoms with Crippen LogP contribution >= 0.6 is 11.6 Å². The van der Waals surface area contributed by atoms with Gasteiger partial charge in [-0.05, 0) is 55.7 Å². The van der Waals surface area contributed by atoms with Crippen molar-refractivity contribution < 1.29 is 18.0 Å². The molecule has 9 heteroatoms. The number of carbonyl (C=O) groups excluding carboxylic acids is 2. The lowest BCUT2D eigenvalue weighted by Crippen LogP contribution is -2.35. The molecule has 2 amide bonds. The summed E-state index contributed by atoms with van der Waals surface area (Å²) in [5, 5.41) is 5.67. The predicted molar refractivity (Wildman–Crippen MR) is 114 cm³/mol. The fraction of sp³-hybridized carbons (Fsp3) is 0.300. The maximum Gasteiger partial charge on any atom is 0.243 e. The topological polar surface area (TPSA) is 104 Å². The van der Waals surface area contributed by atoms with Gasteiger partial charge in [0.05, 0.1) is 11.4 Å². The molecule has 0 radical (unpaired) electrons. The minimum absolute atomic E-state index is 0.0728. The van der Waals surface area contributed by atoms with Crippen LogP contribution in [-0.2, 0) is 19.6 Å². The molecule has 0 atom stereocenters. The van der Waals surface area contributed by atoms with Crippen molar-refractivity contribution in [1.29, 1.82) is 0 Å². The number of aryl methyl sites for hydroxylation is 2. The summed E-state index contributed by atoms with van der Waals surface area (Å²) in [6.07, 6.45) is -0.0897. The fourth-order valence-electron chi connectivity index (χ4n) is 2.58. The number of anilines is 1. The summed E-state index contributed by atoms with van der Waals surface area (Å²) in [7, 11) is -3.71. The number of rotatable bonds is 8. The third-order valence-corrected chi connectivity index (χ3v) is 6.28. The van der Waals surface area contributed by atoms with Gasteiger partial charge < -0.3 is 10.6 Å². The first-order chi connectivity index (χ1) is 13.6. The first-order valence-corrected chi connectivity index (χ1v) is 10.8. The summed E-state index contributed by atoms with van der Waals surface area (Å²) in [5.41, 5.74) is 2.75. The smallest absolute Gasteiger partial charge is 0.243 e. The predicted octanol–water partition coefficient (Wildman–Crippen LogP) is 2.69. The summed E-state index contributed by atoms with van der Waals surface area (Å²) >= 11 is 6.00. The number of nitrogens with one attached hydrogen (secondary N) is 3. The maximum atomic E-state index is 12.4. The van der Waals surface area contributed by atoms with Crippen molar-refractivity contribution in [2.24, 2.45) is 0 Å². The molecule has 2 rings (SSSR count). The van der Waals surface area contributed by atoms with Crippen molar-refractivity contribution in [2.75, 3.05) is 18.4 Å². The monoisotopic (exact) mass is 437 g/mol. The van der Waals surface area contributed by atoms with Gasteiger partial charge in [-0.3, -0.25) is 9.59 Å². The van der Waals surface area contributed by atoms with Gasteiger partial charge in [0.2, 0.25) is 21.8 Å². The second-order valence-corrected chi connectivity index (χ2v) is 8.80. The second kappa shape index (κ2) is 9.87. The van der Waals surface area contributed by atoms with Gasteiger partial charge in [-0.1, -0.05) is 29.8 Å². The molecule has 0 saturated carbocycles. The average Bonchev–Trinajstić information content (AvgIpc) is 2.65. The van der Waals surface area contributed by atoms with Crippen LogP contribution < -0.4 is 15.4 Å². The van der Waals surface area contributed by atoms with Crippen LogP contribution in [0.2, 0.25) is 5.02 Å². The molecule has 0 aliphatic carbocycles. The van der Waals surface area contributed by atoms with E-state index in [2.05, 4.69) is 15.4 Å². The van der Waals surface area contributed by atoms with E-state index in [0.29, 0.717) is 16.3 Å². The minimum atomic E-state index is -3.71. The first-order valence-electron chi connectivity index (χ1n) is 8.99. The molecule has 2 aromatic carbocycles. The van der Waals surface area contributed by atoms with Crippen LogP contribution in [0.15, 0.2) is 41.3 Å². The van der Waals surface area contributed by atoms with E-state index >= 15 is 0 Å². The summed E-state index contributed by atoms with van der Waals surface area (Å²) in [5.74, 6) is -0.841. The molecule has 0 aliphatic rings. The van der Waals surface area contributed by atoms with Gasteiger partial charge in [-0.2, -0.15) is 0 Å². The van der Waals surface area contributed by atoms with Gasteiger partial charge in [0.15, 0.2) is 0 Å². The molecule has 0 unspecified atom stereocenters. The van der Waals surface area contributed by atoms with E-state index in [-0.39, 0.29) is 24.4 Å².